The summed E-state index contributed by atoms with van der Waals surface area (Å²) >= 11 is 6.06. The number of halogens is 2. The summed E-state index contributed by atoms with van der Waals surface area (Å²) < 4.78 is 19.7. The monoisotopic (exact) mass is 421 g/mol. The molecule has 9 heteroatoms. The molecule has 0 spiro atoms. The maximum absolute atomic E-state index is 14.0. The summed E-state index contributed by atoms with van der Waals surface area (Å²) in [5.41, 5.74) is -0.464. The molecule has 0 atom stereocenters. The van der Waals surface area contributed by atoms with E-state index in [-0.39, 0.29) is 16.8 Å². The first-order valence-corrected chi connectivity index (χ1v) is 9.58. The molecule has 1 fully saturated rings. The van der Waals surface area contributed by atoms with Gasteiger partial charge in [0, 0.05) is 44.4 Å². The summed E-state index contributed by atoms with van der Waals surface area (Å²) in [5.74, 6) is -0.525. The first kappa shape index (κ1) is 21.0. The fourth-order valence-electron chi connectivity index (χ4n) is 3.18. The van der Waals surface area contributed by atoms with E-state index in [4.69, 9.17) is 16.3 Å². The third kappa shape index (κ3) is 5.02. The molecule has 2 aromatic carbocycles. The van der Waals surface area contributed by atoms with E-state index in [1.165, 1.54) is 6.92 Å². The maximum Gasteiger partial charge on any atom is 0.276 e. The number of carbonyl (C=O) groups excluding carboxylic acids is 1. The SMILES string of the molecule is Cc1c(F)cc(C(=O)N2CCN(CCOc3ccccc3Cl)CC2)cc1[N+](=O)[O-]. The van der Waals surface area contributed by atoms with E-state index in [2.05, 4.69) is 4.90 Å². The number of amides is 1. The van der Waals surface area contributed by atoms with Gasteiger partial charge in [-0.3, -0.25) is 19.8 Å². The van der Waals surface area contributed by atoms with Crippen LogP contribution in [0.1, 0.15) is 15.9 Å². The molecule has 1 aliphatic rings. The Bertz CT molecular complexity index is 917. The molecule has 0 aliphatic carbocycles. The fraction of sp³-hybridized carbons (Fsp3) is 0.350. The zero-order chi connectivity index (χ0) is 21.0. The predicted molar refractivity (Wildman–Crippen MR) is 107 cm³/mol. The summed E-state index contributed by atoms with van der Waals surface area (Å²) in [4.78, 5) is 26.8. The van der Waals surface area contributed by atoms with Gasteiger partial charge >= 0.3 is 0 Å². The van der Waals surface area contributed by atoms with Crippen LogP contribution < -0.4 is 4.74 Å². The van der Waals surface area contributed by atoms with Crippen LogP contribution in [0.3, 0.4) is 0 Å². The number of nitro benzene ring substituents is 1. The quantitative estimate of drug-likeness (QED) is 0.526. The van der Waals surface area contributed by atoms with Gasteiger partial charge in [0.15, 0.2) is 0 Å². The van der Waals surface area contributed by atoms with E-state index < -0.39 is 16.6 Å². The van der Waals surface area contributed by atoms with Crippen LogP contribution in [-0.2, 0) is 0 Å². The molecular weight excluding hydrogens is 401 g/mol. The van der Waals surface area contributed by atoms with Gasteiger partial charge in [-0.1, -0.05) is 23.7 Å². The van der Waals surface area contributed by atoms with Crippen molar-refractivity contribution in [3.63, 3.8) is 0 Å². The van der Waals surface area contributed by atoms with Crippen LogP contribution in [0, 0.1) is 22.9 Å². The second kappa shape index (κ2) is 9.19. The number of hydrogen-bond donors (Lipinski definition) is 0. The minimum Gasteiger partial charge on any atom is -0.491 e. The molecule has 29 heavy (non-hydrogen) atoms. The Morgan fingerprint density at radius 2 is 1.93 bits per heavy atom. The Morgan fingerprint density at radius 3 is 2.59 bits per heavy atom. The van der Waals surface area contributed by atoms with Crippen LogP contribution >= 0.6 is 11.6 Å². The maximum atomic E-state index is 14.0. The summed E-state index contributed by atoms with van der Waals surface area (Å²) in [6, 6.07) is 9.46. The summed E-state index contributed by atoms with van der Waals surface area (Å²) in [6.45, 7) is 4.64. The molecule has 1 saturated heterocycles. The number of para-hydroxylation sites is 1. The smallest absolute Gasteiger partial charge is 0.276 e. The van der Waals surface area contributed by atoms with Crippen LogP contribution in [-0.4, -0.2) is 60.0 Å². The topological polar surface area (TPSA) is 75.9 Å². The lowest BCUT2D eigenvalue weighted by Gasteiger charge is -2.34. The lowest BCUT2D eigenvalue weighted by atomic mass is 10.1. The predicted octanol–water partition coefficient (Wildman–Crippen LogP) is 3.53. The molecule has 0 saturated carbocycles. The molecule has 0 bridgehead atoms. The highest BCUT2D eigenvalue weighted by Gasteiger charge is 2.25. The number of hydrogen-bond acceptors (Lipinski definition) is 5. The van der Waals surface area contributed by atoms with Crippen molar-refractivity contribution in [2.24, 2.45) is 0 Å². The summed E-state index contributed by atoms with van der Waals surface area (Å²) in [7, 11) is 0. The average Bonchev–Trinajstić information content (AvgIpc) is 2.71. The summed E-state index contributed by atoms with van der Waals surface area (Å²) in [5, 5.41) is 11.6. The minimum absolute atomic E-state index is 0.00435. The highest BCUT2D eigenvalue weighted by atomic mass is 35.5. The van der Waals surface area contributed by atoms with Gasteiger partial charge in [0.1, 0.15) is 18.2 Å². The van der Waals surface area contributed by atoms with Crippen molar-refractivity contribution in [1.29, 1.82) is 0 Å². The van der Waals surface area contributed by atoms with Crippen molar-refractivity contribution in [3.05, 3.63) is 68.5 Å². The van der Waals surface area contributed by atoms with E-state index in [1.807, 2.05) is 12.1 Å². The van der Waals surface area contributed by atoms with Gasteiger partial charge in [-0.15, -0.1) is 0 Å². The van der Waals surface area contributed by atoms with E-state index >= 15 is 0 Å². The van der Waals surface area contributed by atoms with Gasteiger partial charge in [0.2, 0.25) is 0 Å². The first-order valence-electron chi connectivity index (χ1n) is 9.20. The second-order valence-electron chi connectivity index (χ2n) is 6.77. The Hall–Kier alpha value is -2.71. The van der Waals surface area contributed by atoms with Crippen LogP contribution in [0.4, 0.5) is 10.1 Å². The third-order valence-electron chi connectivity index (χ3n) is 4.92. The van der Waals surface area contributed by atoms with Gasteiger partial charge in [-0.05, 0) is 25.1 Å². The molecule has 154 valence electrons. The van der Waals surface area contributed by atoms with Gasteiger partial charge in [0.05, 0.1) is 15.5 Å². The Kier molecular flexibility index (Phi) is 6.66. The molecule has 0 N–H and O–H groups in total. The molecule has 0 aromatic heterocycles. The van der Waals surface area contributed by atoms with E-state index in [9.17, 15) is 19.3 Å². The lowest BCUT2D eigenvalue weighted by molar-refractivity contribution is -0.385. The zero-order valence-corrected chi connectivity index (χ0v) is 16.7. The van der Waals surface area contributed by atoms with Crippen LogP contribution in [0.2, 0.25) is 5.02 Å². The number of nitro groups is 1. The van der Waals surface area contributed by atoms with Crippen LogP contribution in [0.15, 0.2) is 36.4 Å². The minimum atomic E-state index is -0.752. The standard InChI is InChI=1S/C20H21ClFN3O4/c1-14-17(22)12-15(13-18(14)25(27)28)20(26)24-8-6-23(7-9-24)10-11-29-19-5-3-2-4-16(19)21/h2-5,12-13H,6-11H2,1H3. The number of ether oxygens (including phenoxy) is 1. The van der Waals surface area contributed by atoms with Crippen molar-refractivity contribution >= 4 is 23.2 Å². The normalized spacial score (nSPS) is 14.7. The van der Waals surface area contributed by atoms with Gasteiger partial charge in [-0.25, -0.2) is 4.39 Å². The highest BCUT2D eigenvalue weighted by Crippen LogP contribution is 2.24. The van der Waals surface area contributed by atoms with Gasteiger partial charge in [-0.2, -0.15) is 0 Å². The third-order valence-corrected chi connectivity index (χ3v) is 5.23. The molecule has 1 heterocycles. The molecule has 2 aromatic rings. The second-order valence-corrected chi connectivity index (χ2v) is 7.18. The number of benzene rings is 2. The largest absolute Gasteiger partial charge is 0.491 e. The number of piperazine rings is 1. The van der Waals surface area contributed by atoms with Crippen LogP contribution in [0.5, 0.6) is 5.75 Å². The van der Waals surface area contributed by atoms with E-state index in [0.717, 1.165) is 12.1 Å². The van der Waals surface area contributed by atoms with Crippen molar-refractivity contribution < 1.29 is 18.8 Å². The van der Waals surface area contributed by atoms with Gasteiger partial charge in [0.25, 0.3) is 11.6 Å². The lowest BCUT2D eigenvalue weighted by Crippen LogP contribution is -2.49. The Morgan fingerprint density at radius 1 is 1.24 bits per heavy atom. The molecule has 0 unspecified atom stereocenters. The van der Waals surface area contributed by atoms with Gasteiger partial charge < -0.3 is 9.64 Å². The summed E-state index contributed by atoms with van der Waals surface area (Å²) in [6.07, 6.45) is 0. The van der Waals surface area contributed by atoms with Crippen molar-refractivity contribution in [3.8, 4) is 5.75 Å². The Balaban J connectivity index is 1.53. The fourth-order valence-corrected chi connectivity index (χ4v) is 3.37. The first-order chi connectivity index (χ1) is 13.9. The molecule has 1 amide bonds. The highest BCUT2D eigenvalue weighted by molar-refractivity contribution is 6.32. The molecular formula is C20H21ClFN3O4. The van der Waals surface area contributed by atoms with Crippen molar-refractivity contribution in [2.75, 3.05) is 39.3 Å². The zero-order valence-electron chi connectivity index (χ0n) is 15.9. The molecule has 3 rings (SSSR count). The number of carbonyl (C=O) groups is 1. The van der Waals surface area contributed by atoms with E-state index in [0.29, 0.717) is 50.1 Å². The Labute approximate surface area is 172 Å². The van der Waals surface area contributed by atoms with E-state index in [1.54, 1.807) is 17.0 Å². The molecule has 0 radical (unpaired) electrons. The van der Waals surface area contributed by atoms with Crippen molar-refractivity contribution in [2.45, 2.75) is 6.92 Å². The van der Waals surface area contributed by atoms with Crippen LogP contribution in [0.25, 0.3) is 0 Å². The number of rotatable bonds is 6. The average molecular weight is 422 g/mol. The molecule has 1 aliphatic heterocycles. The van der Waals surface area contributed by atoms with Crippen molar-refractivity contribution in [1.82, 2.24) is 9.80 Å². The molecule has 7 nitrogen and oxygen atoms in total. The number of nitrogens with zero attached hydrogens (tertiary/aromatic N) is 3.